The molecule has 1 N–H and O–H groups in total. The van der Waals surface area contributed by atoms with Gasteiger partial charge in [0.25, 0.3) is 7.82 Å². The number of hydrogen-bond donors (Lipinski definition) is 1. The number of phosphoric ester groups is 1. The highest BCUT2D eigenvalue weighted by molar-refractivity contribution is 7.45. The van der Waals surface area contributed by atoms with Gasteiger partial charge in [0.2, 0.25) is 0 Å². The first-order valence-electron chi connectivity index (χ1n) is 21.0. The van der Waals surface area contributed by atoms with Crippen molar-refractivity contribution in [1.82, 2.24) is 0 Å². The van der Waals surface area contributed by atoms with E-state index >= 15 is 0 Å². The van der Waals surface area contributed by atoms with Crippen LogP contribution in [0.2, 0.25) is 0 Å². The molecule has 52 heavy (non-hydrogen) atoms. The summed E-state index contributed by atoms with van der Waals surface area (Å²) in [6.45, 7) is 4.00. The van der Waals surface area contributed by atoms with Crippen molar-refractivity contribution < 1.29 is 42.4 Å². The normalized spacial score (nSPS) is 14.6. The van der Waals surface area contributed by atoms with Gasteiger partial charge in [-0.2, -0.15) is 0 Å². The Balaban J connectivity index is 4.69. The number of unbranched alkanes of at least 4 members (excludes halogenated alkanes) is 20. The van der Waals surface area contributed by atoms with Crippen LogP contribution in [0.5, 0.6) is 0 Å². The second kappa shape index (κ2) is 34.2. The van der Waals surface area contributed by atoms with Gasteiger partial charge in [-0.25, -0.2) is 0 Å². The molecule has 0 aromatic carbocycles. The van der Waals surface area contributed by atoms with Gasteiger partial charge in [-0.05, 0) is 44.9 Å². The van der Waals surface area contributed by atoms with Gasteiger partial charge in [-0.15, -0.1) is 0 Å². The summed E-state index contributed by atoms with van der Waals surface area (Å²) in [5, 5.41) is 10.1. The van der Waals surface area contributed by atoms with Gasteiger partial charge in [-0.1, -0.05) is 147 Å². The number of aliphatic hydroxyl groups excluding tert-OH is 1. The molecular formula is C42H80NO8P. The molecule has 0 fully saturated rings. The van der Waals surface area contributed by atoms with E-state index in [1.54, 1.807) is 0 Å². The predicted octanol–water partition coefficient (Wildman–Crippen LogP) is 10.3. The zero-order valence-corrected chi connectivity index (χ0v) is 35.1. The highest BCUT2D eigenvalue weighted by atomic mass is 31.2. The maximum Gasteiger partial charge on any atom is 0.306 e. The average molecular weight is 758 g/mol. The van der Waals surface area contributed by atoms with E-state index in [2.05, 4.69) is 38.2 Å². The smallest absolute Gasteiger partial charge is 0.306 e. The standard InChI is InChI=1S/C42H80NO8P/c1-6-8-10-12-14-16-18-20-21-23-25-27-29-31-33-35-41(46)50-40(38-44)42(51-52(47,48)49-37-36-43(3,4)5)39(45)34-32-30-28-26-24-22-19-17-15-13-11-9-7-2/h14,16,20-21,40,42,44H,6-13,15,17-19,22-38H2,1-5H3/b16-14-,21-20-/t40-,42?/m0/s1. The van der Waals surface area contributed by atoms with Crippen molar-refractivity contribution in [3.63, 3.8) is 0 Å². The van der Waals surface area contributed by atoms with E-state index in [-0.39, 0.29) is 19.4 Å². The van der Waals surface area contributed by atoms with Crippen molar-refractivity contribution >= 4 is 19.6 Å². The number of quaternary nitrogens is 1. The van der Waals surface area contributed by atoms with E-state index in [0.29, 0.717) is 23.9 Å². The minimum atomic E-state index is -4.92. The number of likely N-dealkylation sites (N-methyl/N-ethyl adjacent to an activating group) is 1. The molecule has 0 aromatic rings. The number of ether oxygens (including phenoxy) is 1. The summed E-state index contributed by atoms with van der Waals surface area (Å²) in [6.07, 6.45) is 32.8. The Morgan fingerprint density at radius 3 is 1.62 bits per heavy atom. The fourth-order valence-electron chi connectivity index (χ4n) is 5.89. The predicted molar refractivity (Wildman–Crippen MR) is 213 cm³/mol. The molecule has 0 radical (unpaired) electrons. The van der Waals surface area contributed by atoms with E-state index in [9.17, 15) is 24.2 Å². The molecule has 0 saturated heterocycles. The summed E-state index contributed by atoms with van der Waals surface area (Å²) >= 11 is 0. The number of nitrogens with zero attached hydrogens (tertiary/aromatic N) is 1. The number of allylic oxidation sites excluding steroid dienone is 4. The molecule has 0 saturated carbocycles. The van der Waals surface area contributed by atoms with Gasteiger partial charge in [0, 0.05) is 12.8 Å². The first kappa shape index (κ1) is 50.6. The quantitative estimate of drug-likeness (QED) is 0.0217. The number of carbonyl (C=O) groups excluding carboxylic acids is 2. The summed E-state index contributed by atoms with van der Waals surface area (Å²) in [7, 11) is 0.784. The third-order valence-electron chi connectivity index (χ3n) is 9.23. The average Bonchev–Trinajstić information content (AvgIpc) is 3.09. The Hall–Kier alpha value is -1.35. The molecule has 0 aromatic heterocycles. The fourth-order valence-corrected chi connectivity index (χ4v) is 6.79. The molecule has 0 spiro atoms. The van der Waals surface area contributed by atoms with Crippen LogP contribution >= 0.6 is 7.82 Å². The van der Waals surface area contributed by atoms with Gasteiger partial charge in [-0.3, -0.25) is 14.2 Å². The Kier molecular flexibility index (Phi) is 33.3. The van der Waals surface area contributed by atoms with E-state index in [1.165, 1.54) is 77.0 Å². The Labute approximate surface area is 319 Å². The SMILES string of the molecule is CCCCC/C=C\C/C=C\CCCCCCCC(=O)O[C@@H](CO)C(OP(=O)([O-])OCC[N+](C)(C)C)C(=O)CCCCCCCCCCCCCCC. The van der Waals surface area contributed by atoms with E-state index in [1.807, 2.05) is 21.1 Å². The van der Waals surface area contributed by atoms with Crippen LogP contribution < -0.4 is 4.89 Å². The number of carbonyl (C=O) groups is 2. The van der Waals surface area contributed by atoms with Crippen molar-refractivity contribution in [3.8, 4) is 0 Å². The van der Waals surface area contributed by atoms with Gasteiger partial charge in [0.15, 0.2) is 18.0 Å². The van der Waals surface area contributed by atoms with Crippen LogP contribution in [0.3, 0.4) is 0 Å². The van der Waals surface area contributed by atoms with Crippen molar-refractivity contribution in [2.75, 3.05) is 40.9 Å². The second-order valence-electron chi connectivity index (χ2n) is 15.5. The lowest BCUT2D eigenvalue weighted by molar-refractivity contribution is -0.870. The molecule has 0 bridgehead atoms. The van der Waals surface area contributed by atoms with Crippen LogP contribution in [0.1, 0.15) is 181 Å². The number of aliphatic hydroxyl groups is 1. The first-order chi connectivity index (χ1) is 25.0. The third kappa shape index (κ3) is 33.2. The van der Waals surface area contributed by atoms with Crippen LogP contribution in [0.25, 0.3) is 0 Å². The lowest BCUT2D eigenvalue weighted by Crippen LogP contribution is -2.43. The minimum Gasteiger partial charge on any atom is -0.756 e. The number of Topliss-reactive ketones (excluding diaryl/α,β-unsaturated/α-hetero) is 1. The van der Waals surface area contributed by atoms with Crippen molar-refractivity contribution in [3.05, 3.63) is 24.3 Å². The zero-order valence-electron chi connectivity index (χ0n) is 34.2. The van der Waals surface area contributed by atoms with E-state index in [4.69, 9.17) is 13.8 Å². The molecule has 2 unspecified atom stereocenters. The lowest BCUT2D eigenvalue weighted by atomic mass is 10.0. The molecule has 0 aliphatic heterocycles. The van der Waals surface area contributed by atoms with E-state index in [0.717, 1.165) is 64.2 Å². The number of phosphoric acid groups is 1. The molecule has 0 rings (SSSR count). The van der Waals surface area contributed by atoms with Gasteiger partial charge >= 0.3 is 5.97 Å². The maximum atomic E-state index is 13.3. The second-order valence-corrected chi connectivity index (χ2v) is 16.8. The first-order valence-corrected chi connectivity index (χ1v) is 22.5. The van der Waals surface area contributed by atoms with Crippen LogP contribution in [0.4, 0.5) is 0 Å². The summed E-state index contributed by atoms with van der Waals surface area (Å²) < 4.78 is 29.0. The van der Waals surface area contributed by atoms with Gasteiger partial charge in [0.1, 0.15) is 13.2 Å². The number of hydrogen-bond acceptors (Lipinski definition) is 8. The number of esters is 1. The van der Waals surface area contributed by atoms with Crippen molar-refractivity contribution in [2.24, 2.45) is 0 Å². The molecule has 0 heterocycles. The molecule has 10 heteroatoms. The van der Waals surface area contributed by atoms with E-state index < -0.39 is 38.4 Å². The molecule has 0 aliphatic carbocycles. The molecule has 0 amide bonds. The summed E-state index contributed by atoms with van der Waals surface area (Å²) in [6, 6.07) is 0. The van der Waals surface area contributed by atoms with Gasteiger partial charge in [0.05, 0.1) is 27.7 Å². The number of ketones is 1. The monoisotopic (exact) mass is 758 g/mol. The van der Waals surface area contributed by atoms with Crippen LogP contribution in [-0.2, 0) is 27.9 Å². The lowest BCUT2D eigenvalue weighted by Gasteiger charge is -2.32. The molecular weight excluding hydrogens is 677 g/mol. The summed E-state index contributed by atoms with van der Waals surface area (Å²) in [5.74, 6) is -1.10. The fraction of sp³-hybridized carbons (Fsp3) is 0.857. The highest BCUT2D eigenvalue weighted by Gasteiger charge is 2.35. The summed E-state index contributed by atoms with van der Waals surface area (Å²) in [4.78, 5) is 38.8. The van der Waals surface area contributed by atoms with Crippen LogP contribution in [0, 0.1) is 0 Å². The number of rotatable bonds is 38. The molecule has 306 valence electrons. The molecule has 0 aliphatic rings. The Morgan fingerprint density at radius 1 is 0.673 bits per heavy atom. The topological polar surface area (TPSA) is 122 Å². The largest absolute Gasteiger partial charge is 0.756 e. The van der Waals surface area contributed by atoms with Crippen LogP contribution in [-0.4, -0.2) is 74.5 Å². The van der Waals surface area contributed by atoms with Gasteiger partial charge < -0.3 is 28.3 Å². The highest BCUT2D eigenvalue weighted by Crippen LogP contribution is 2.41. The molecule has 3 atom stereocenters. The minimum absolute atomic E-state index is 0.0697. The Morgan fingerprint density at radius 2 is 1.12 bits per heavy atom. The Bertz CT molecular complexity index is 964. The van der Waals surface area contributed by atoms with Crippen LogP contribution in [0.15, 0.2) is 24.3 Å². The third-order valence-corrected chi connectivity index (χ3v) is 10.2. The summed E-state index contributed by atoms with van der Waals surface area (Å²) in [5.41, 5.74) is 0. The van der Waals surface area contributed by atoms with Crippen molar-refractivity contribution in [1.29, 1.82) is 0 Å². The van der Waals surface area contributed by atoms with Crippen molar-refractivity contribution in [2.45, 2.75) is 193 Å². The maximum absolute atomic E-state index is 13.3. The zero-order chi connectivity index (χ0) is 38.8. The molecule has 9 nitrogen and oxygen atoms in total.